The highest BCUT2D eigenvalue weighted by atomic mass is 16.7. The van der Waals surface area contributed by atoms with Crippen LogP contribution in [0.5, 0.6) is 0 Å². The molecule has 0 radical (unpaired) electrons. The lowest BCUT2D eigenvalue weighted by atomic mass is 10.2. The van der Waals surface area contributed by atoms with E-state index in [1.54, 1.807) is 0 Å². The second-order valence-electron chi connectivity index (χ2n) is 4.05. The lowest BCUT2D eigenvalue weighted by molar-refractivity contribution is -0.149. The van der Waals surface area contributed by atoms with Crippen LogP contribution in [0.15, 0.2) is 12.5 Å². The Kier molecular flexibility index (Phi) is 6.26. The second kappa shape index (κ2) is 7.94. The van der Waals surface area contributed by atoms with Crippen molar-refractivity contribution in [2.75, 3.05) is 0 Å². The number of nitrogens with two attached hydrogens (primary N) is 1. The number of carboxylic acid groups (broad SMARTS) is 2. The highest BCUT2D eigenvalue weighted by Crippen LogP contribution is 2.00. The number of aromatic nitrogens is 2. The maximum atomic E-state index is 11.5. The zero-order valence-corrected chi connectivity index (χ0v) is 10.8. The van der Waals surface area contributed by atoms with Crippen molar-refractivity contribution in [3.05, 3.63) is 18.2 Å². The molecule has 0 aromatic carbocycles. The SMILES string of the molecule is NOC(=O)[C@H](Cc1cnc[nH]1)NN[C@@H](CC(=O)O)C(=O)O. The fraction of sp³-hybridized carbons (Fsp3) is 0.400. The zero-order valence-electron chi connectivity index (χ0n) is 10.8. The van der Waals surface area contributed by atoms with E-state index in [1.807, 2.05) is 0 Å². The number of carboxylic acids is 2. The first kappa shape index (κ1) is 16.6. The average Bonchev–Trinajstić information content (AvgIpc) is 2.93. The number of H-pyrrole nitrogens is 1. The molecule has 0 aliphatic carbocycles. The van der Waals surface area contributed by atoms with E-state index in [-0.39, 0.29) is 6.42 Å². The Hall–Kier alpha value is -2.50. The minimum absolute atomic E-state index is 0.0858. The van der Waals surface area contributed by atoms with Gasteiger partial charge in [0, 0.05) is 18.3 Å². The van der Waals surface area contributed by atoms with Crippen LogP contribution in [0.2, 0.25) is 0 Å². The number of nitrogens with one attached hydrogen (secondary N) is 3. The van der Waals surface area contributed by atoms with Gasteiger partial charge in [0.25, 0.3) is 0 Å². The first-order valence-corrected chi connectivity index (χ1v) is 5.77. The molecule has 0 unspecified atom stereocenters. The Bertz CT molecular complexity index is 490. The van der Waals surface area contributed by atoms with Crippen molar-refractivity contribution in [3.8, 4) is 0 Å². The van der Waals surface area contributed by atoms with Gasteiger partial charge in [0.05, 0.1) is 12.7 Å². The molecule has 0 amide bonds. The van der Waals surface area contributed by atoms with Gasteiger partial charge in [0.15, 0.2) is 0 Å². The molecule has 0 bridgehead atoms. The third kappa shape index (κ3) is 5.56. The Morgan fingerprint density at radius 3 is 2.48 bits per heavy atom. The number of carbonyl (C=O) groups excluding carboxylic acids is 1. The highest BCUT2D eigenvalue weighted by molar-refractivity contribution is 5.80. The molecule has 1 aromatic heterocycles. The number of aromatic amines is 1. The van der Waals surface area contributed by atoms with E-state index in [1.165, 1.54) is 12.5 Å². The van der Waals surface area contributed by atoms with E-state index in [0.717, 1.165) is 0 Å². The van der Waals surface area contributed by atoms with Crippen LogP contribution in [0, 0.1) is 0 Å². The molecule has 7 N–H and O–H groups in total. The maximum Gasteiger partial charge on any atom is 0.343 e. The molecule has 0 saturated heterocycles. The fourth-order valence-corrected chi connectivity index (χ4v) is 1.47. The predicted molar refractivity (Wildman–Crippen MR) is 66.3 cm³/mol. The van der Waals surface area contributed by atoms with Gasteiger partial charge in [-0.3, -0.25) is 9.59 Å². The van der Waals surface area contributed by atoms with Crippen LogP contribution in [0.3, 0.4) is 0 Å². The molecule has 116 valence electrons. The summed E-state index contributed by atoms with van der Waals surface area (Å²) < 4.78 is 0. The predicted octanol–water partition coefficient (Wildman–Crippen LogP) is -2.24. The molecule has 0 aliphatic rings. The third-order valence-electron chi connectivity index (χ3n) is 2.49. The summed E-state index contributed by atoms with van der Waals surface area (Å²) in [5.74, 6) is 1.26. The summed E-state index contributed by atoms with van der Waals surface area (Å²) in [6, 6.07) is -2.44. The van der Waals surface area contributed by atoms with Gasteiger partial charge in [-0.15, -0.1) is 0 Å². The fourth-order valence-electron chi connectivity index (χ4n) is 1.47. The summed E-state index contributed by atoms with van der Waals surface area (Å²) in [6.07, 6.45) is 2.28. The Balaban J connectivity index is 2.65. The smallest absolute Gasteiger partial charge is 0.343 e. The van der Waals surface area contributed by atoms with Crippen LogP contribution in [-0.2, 0) is 25.6 Å². The molecule has 1 heterocycles. The van der Waals surface area contributed by atoms with Gasteiger partial charge in [0.1, 0.15) is 12.1 Å². The van der Waals surface area contributed by atoms with E-state index in [2.05, 4.69) is 25.7 Å². The van der Waals surface area contributed by atoms with E-state index in [9.17, 15) is 14.4 Å². The molecule has 0 aliphatic heterocycles. The van der Waals surface area contributed by atoms with Crippen LogP contribution >= 0.6 is 0 Å². The van der Waals surface area contributed by atoms with Crippen molar-refractivity contribution in [1.29, 1.82) is 0 Å². The number of rotatable bonds is 9. The number of aliphatic carboxylic acids is 2. The summed E-state index contributed by atoms with van der Waals surface area (Å²) in [5.41, 5.74) is 5.23. The van der Waals surface area contributed by atoms with Crippen LogP contribution < -0.4 is 16.7 Å². The quantitative estimate of drug-likeness (QED) is 0.273. The number of hydrogen-bond donors (Lipinski definition) is 6. The molecule has 11 heteroatoms. The van der Waals surface area contributed by atoms with Gasteiger partial charge < -0.3 is 20.0 Å². The van der Waals surface area contributed by atoms with Gasteiger partial charge in [0.2, 0.25) is 0 Å². The number of nitrogens with zero attached hydrogens (tertiary/aromatic N) is 1. The van der Waals surface area contributed by atoms with E-state index < -0.39 is 36.4 Å². The highest BCUT2D eigenvalue weighted by Gasteiger charge is 2.25. The molecule has 11 nitrogen and oxygen atoms in total. The summed E-state index contributed by atoms with van der Waals surface area (Å²) in [6.45, 7) is 0. The summed E-state index contributed by atoms with van der Waals surface area (Å²) in [7, 11) is 0. The summed E-state index contributed by atoms with van der Waals surface area (Å²) in [5, 5.41) is 17.5. The monoisotopic (exact) mass is 301 g/mol. The van der Waals surface area contributed by atoms with Crippen LogP contribution in [0.4, 0.5) is 0 Å². The lowest BCUT2D eigenvalue weighted by Crippen LogP contribution is -2.54. The number of carbonyl (C=O) groups is 3. The molecular formula is C10H15N5O6. The first-order chi connectivity index (χ1) is 9.93. The molecule has 1 aromatic rings. The van der Waals surface area contributed by atoms with Crippen LogP contribution in [-0.4, -0.2) is 50.2 Å². The summed E-state index contributed by atoms with van der Waals surface area (Å²) in [4.78, 5) is 43.5. The second-order valence-corrected chi connectivity index (χ2v) is 4.05. The zero-order chi connectivity index (χ0) is 15.8. The molecular weight excluding hydrogens is 286 g/mol. The number of hydrazine groups is 1. The van der Waals surface area contributed by atoms with E-state index in [0.29, 0.717) is 5.69 Å². The normalized spacial score (nSPS) is 13.4. The van der Waals surface area contributed by atoms with Crippen LogP contribution in [0.25, 0.3) is 0 Å². The standard InChI is InChI=1S/C10H15N5O6/c11-21-10(20)7(1-5-3-12-4-13-5)15-14-6(9(18)19)2-8(16)17/h3-4,6-7,14-15H,1-2,11H2,(H,12,13)(H,16,17)(H,18,19)/t6-,7-/m0/s1. The van der Waals surface area contributed by atoms with Crippen molar-refractivity contribution in [2.45, 2.75) is 24.9 Å². The van der Waals surface area contributed by atoms with Gasteiger partial charge >= 0.3 is 17.9 Å². The Labute approximate surface area is 118 Å². The van der Waals surface area contributed by atoms with Gasteiger partial charge in [-0.1, -0.05) is 0 Å². The number of hydrogen-bond acceptors (Lipinski definition) is 8. The van der Waals surface area contributed by atoms with Crippen molar-refractivity contribution in [1.82, 2.24) is 20.8 Å². The topological polar surface area (TPSA) is 180 Å². The largest absolute Gasteiger partial charge is 0.481 e. The van der Waals surface area contributed by atoms with Crippen molar-refractivity contribution >= 4 is 17.9 Å². The van der Waals surface area contributed by atoms with Gasteiger partial charge in [-0.05, 0) is 0 Å². The summed E-state index contributed by atoms with van der Waals surface area (Å²) >= 11 is 0. The average molecular weight is 301 g/mol. The number of imidazole rings is 1. The van der Waals surface area contributed by atoms with Crippen molar-refractivity contribution < 1.29 is 29.4 Å². The van der Waals surface area contributed by atoms with E-state index >= 15 is 0 Å². The van der Waals surface area contributed by atoms with Crippen molar-refractivity contribution in [3.63, 3.8) is 0 Å². The van der Waals surface area contributed by atoms with Crippen LogP contribution in [0.1, 0.15) is 12.1 Å². The Morgan fingerprint density at radius 2 is 2.00 bits per heavy atom. The molecule has 2 atom stereocenters. The maximum absolute atomic E-state index is 11.5. The molecule has 0 saturated carbocycles. The lowest BCUT2D eigenvalue weighted by Gasteiger charge is -2.19. The van der Waals surface area contributed by atoms with Gasteiger partial charge in [-0.2, -0.15) is 5.90 Å². The molecule has 1 rings (SSSR count). The minimum Gasteiger partial charge on any atom is -0.481 e. The first-order valence-electron chi connectivity index (χ1n) is 5.77. The van der Waals surface area contributed by atoms with Crippen molar-refractivity contribution in [2.24, 2.45) is 5.90 Å². The third-order valence-corrected chi connectivity index (χ3v) is 2.49. The van der Waals surface area contributed by atoms with E-state index in [4.69, 9.17) is 16.1 Å². The molecule has 0 fully saturated rings. The molecule has 21 heavy (non-hydrogen) atoms. The Morgan fingerprint density at radius 1 is 1.33 bits per heavy atom. The minimum atomic E-state index is -1.42. The molecule has 0 spiro atoms. The van der Waals surface area contributed by atoms with Gasteiger partial charge in [-0.25, -0.2) is 20.6 Å².